The number of nitrogens with zero attached hydrogens (tertiary/aromatic N) is 1. The number of nitriles is 1. The number of amides is 1. The fraction of sp³-hybridized carbons (Fsp3) is 0.429. The molecule has 1 aliphatic heterocycles. The molecule has 19 heavy (non-hydrogen) atoms. The molecule has 1 aromatic rings. The van der Waals surface area contributed by atoms with Crippen molar-refractivity contribution in [2.45, 2.75) is 26.7 Å². The molecular weight excluding hydrogens is 244 g/mol. The lowest BCUT2D eigenvalue weighted by Gasteiger charge is -2.22. The normalized spacial score (nSPS) is 12.9. The van der Waals surface area contributed by atoms with Gasteiger partial charge in [0, 0.05) is 11.8 Å². The Balaban J connectivity index is 2.17. The number of anilines is 1. The maximum absolute atomic E-state index is 12.2. The zero-order valence-electron chi connectivity index (χ0n) is 11.0. The summed E-state index contributed by atoms with van der Waals surface area (Å²) in [5.74, 6) is 0.989. The van der Waals surface area contributed by atoms with Gasteiger partial charge < -0.3 is 14.8 Å². The summed E-state index contributed by atoms with van der Waals surface area (Å²) in [5.41, 5.74) is -0.369. The van der Waals surface area contributed by atoms with E-state index in [0.29, 0.717) is 30.0 Å². The largest absolute Gasteiger partial charge is 0.454 e. The van der Waals surface area contributed by atoms with Gasteiger partial charge >= 0.3 is 0 Å². The van der Waals surface area contributed by atoms with E-state index in [1.165, 1.54) is 0 Å². The van der Waals surface area contributed by atoms with E-state index in [2.05, 4.69) is 11.4 Å². The van der Waals surface area contributed by atoms with Crippen LogP contribution in [0.2, 0.25) is 0 Å². The van der Waals surface area contributed by atoms with Gasteiger partial charge in [-0.3, -0.25) is 4.79 Å². The van der Waals surface area contributed by atoms with Crippen molar-refractivity contribution < 1.29 is 14.3 Å². The van der Waals surface area contributed by atoms with Crippen molar-refractivity contribution in [1.29, 1.82) is 5.26 Å². The number of ether oxygens (including phenoxy) is 2. The van der Waals surface area contributed by atoms with E-state index >= 15 is 0 Å². The lowest BCUT2D eigenvalue weighted by molar-refractivity contribution is -0.123. The monoisotopic (exact) mass is 260 g/mol. The van der Waals surface area contributed by atoms with Crippen LogP contribution in [0.4, 0.5) is 5.69 Å². The Kier molecular flexibility index (Phi) is 3.61. The van der Waals surface area contributed by atoms with E-state index in [9.17, 15) is 10.1 Å². The van der Waals surface area contributed by atoms with Gasteiger partial charge in [-0.25, -0.2) is 0 Å². The molecule has 0 saturated carbocycles. The van der Waals surface area contributed by atoms with Crippen LogP contribution >= 0.6 is 0 Å². The second-order valence-corrected chi connectivity index (χ2v) is 4.42. The van der Waals surface area contributed by atoms with Gasteiger partial charge in [0.15, 0.2) is 11.5 Å². The smallest absolute Gasteiger partial charge is 0.244 e. The van der Waals surface area contributed by atoms with E-state index in [1.807, 2.05) is 13.8 Å². The summed E-state index contributed by atoms with van der Waals surface area (Å²) in [7, 11) is 0. The Morgan fingerprint density at radius 3 is 2.68 bits per heavy atom. The summed E-state index contributed by atoms with van der Waals surface area (Å²) < 4.78 is 10.4. The van der Waals surface area contributed by atoms with Crippen molar-refractivity contribution in [3.8, 4) is 17.6 Å². The van der Waals surface area contributed by atoms with E-state index in [4.69, 9.17) is 9.47 Å². The van der Waals surface area contributed by atoms with Gasteiger partial charge in [-0.1, -0.05) is 13.8 Å². The molecule has 0 aliphatic carbocycles. The SMILES string of the molecule is CCC(C#N)(CC)C(=O)Nc1ccc2c(c1)OCO2. The number of nitrogens with one attached hydrogen (secondary N) is 1. The van der Waals surface area contributed by atoms with Gasteiger partial charge in [-0.15, -0.1) is 0 Å². The highest BCUT2D eigenvalue weighted by molar-refractivity contribution is 5.97. The molecule has 100 valence electrons. The summed E-state index contributed by atoms with van der Waals surface area (Å²) in [5, 5.41) is 12.0. The zero-order valence-corrected chi connectivity index (χ0v) is 11.0. The highest BCUT2D eigenvalue weighted by Gasteiger charge is 2.35. The number of hydrogen-bond acceptors (Lipinski definition) is 4. The molecule has 5 nitrogen and oxygen atoms in total. The van der Waals surface area contributed by atoms with Crippen molar-refractivity contribution in [2.24, 2.45) is 5.41 Å². The molecule has 0 spiro atoms. The molecule has 1 amide bonds. The summed E-state index contributed by atoms with van der Waals surface area (Å²) in [4.78, 5) is 12.2. The molecule has 0 atom stereocenters. The van der Waals surface area contributed by atoms with Crippen molar-refractivity contribution in [3.63, 3.8) is 0 Å². The van der Waals surface area contributed by atoms with Gasteiger partial charge in [0.05, 0.1) is 6.07 Å². The number of hydrogen-bond donors (Lipinski definition) is 1. The minimum atomic E-state index is -0.976. The predicted octanol–water partition coefficient (Wildman–Crippen LogP) is 2.68. The van der Waals surface area contributed by atoms with E-state index in [0.717, 1.165) is 0 Å². The number of carbonyl (C=O) groups excluding carboxylic acids is 1. The molecule has 1 N–H and O–H groups in total. The molecule has 0 aromatic heterocycles. The molecule has 1 aromatic carbocycles. The standard InChI is InChI=1S/C14H16N2O3/c1-3-14(4-2,8-15)13(17)16-10-5-6-11-12(7-10)19-9-18-11/h5-7H,3-4,9H2,1-2H3,(H,16,17). The molecule has 0 saturated heterocycles. The number of rotatable bonds is 4. The lowest BCUT2D eigenvalue weighted by Crippen LogP contribution is -2.33. The Morgan fingerprint density at radius 2 is 2.05 bits per heavy atom. The van der Waals surface area contributed by atoms with Gasteiger partial charge in [-0.05, 0) is 25.0 Å². The highest BCUT2D eigenvalue weighted by atomic mass is 16.7. The highest BCUT2D eigenvalue weighted by Crippen LogP contribution is 2.35. The molecule has 0 fully saturated rings. The first kappa shape index (κ1) is 13.2. The van der Waals surface area contributed by atoms with Crippen LogP contribution in [0, 0.1) is 16.7 Å². The average Bonchev–Trinajstić information content (AvgIpc) is 2.89. The van der Waals surface area contributed by atoms with Crippen molar-refractivity contribution in [2.75, 3.05) is 12.1 Å². The van der Waals surface area contributed by atoms with Crippen LogP contribution in [0.15, 0.2) is 18.2 Å². The Bertz CT molecular complexity index is 530. The van der Waals surface area contributed by atoms with E-state index in [1.54, 1.807) is 18.2 Å². The first-order valence-electron chi connectivity index (χ1n) is 6.27. The predicted molar refractivity (Wildman–Crippen MR) is 69.8 cm³/mol. The quantitative estimate of drug-likeness (QED) is 0.903. The number of carbonyl (C=O) groups is 1. The van der Waals surface area contributed by atoms with Crippen molar-refractivity contribution >= 4 is 11.6 Å². The van der Waals surface area contributed by atoms with Crippen molar-refractivity contribution in [3.05, 3.63) is 18.2 Å². The summed E-state index contributed by atoms with van der Waals surface area (Å²) in [6, 6.07) is 7.30. The topological polar surface area (TPSA) is 71.4 Å². The molecule has 1 aliphatic rings. The van der Waals surface area contributed by atoms with E-state index < -0.39 is 5.41 Å². The molecule has 0 bridgehead atoms. The van der Waals surface area contributed by atoms with Gasteiger partial charge in [0.2, 0.25) is 12.7 Å². The van der Waals surface area contributed by atoms with Crippen LogP contribution in [0.3, 0.4) is 0 Å². The van der Waals surface area contributed by atoms with Gasteiger partial charge in [-0.2, -0.15) is 5.26 Å². The minimum absolute atomic E-state index is 0.193. The lowest BCUT2D eigenvalue weighted by atomic mass is 9.83. The third kappa shape index (κ3) is 2.34. The van der Waals surface area contributed by atoms with Crippen LogP contribution < -0.4 is 14.8 Å². The summed E-state index contributed by atoms with van der Waals surface area (Å²) >= 11 is 0. The van der Waals surface area contributed by atoms with Gasteiger partial charge in [0.1, 0.15) is 5.41 Å². The van der Waals surface area contributed by atoms with Crippen LogP contribution in [0.25, 0.3) is 0 Å². The second kappa shape index (κ2) is 5.19. The number of fused-ring (bicyclic) bond motifs is 1. The Hall–Kier alpha value is -2.22. The van der Waals surface area contributed by atoms with Crippen LogP contribution in [0.5, 0.6) is 11.5 Å². The molecule has 0 radical (unpaired) electrons. The second-order valence-electron chi connectivity index (χ2n) is 4.42. The first-order chi connectivity index (χ1) is 9.15. The van der Waals surface area contributed by atoms with Crippen LogP contribution in [-0.2, 0) is 4.79 Å². The maximum atomic E-state index is 12.2. The average molecular weight is 260 g/mol. The van der Waals surface area contributed by atoms with Gasteiger partial charge in [0.25, 0.3) is 0 Å². The molecule has 1 heterocycles. The van der Waals surface area contributed by atoms with E-state index in [-0.39, 0.29) is 12.7 Å². The maximum Gasteiger partial charge on any atom is 0.244 e. The summed E-state index contributed by atoms with van der Waals surface area (Å²) in [6.45, 7) is 3.87. The third-order valence-corrected chi connectivity index (χ3v) is 3.49. The Morgan fingerprint density at radius 1 is 1.37 bits per heavy atom. The zero-order chi connectivity index (χ0) is 13.9. The third-order valence-electron chi connectivity index (χ3n) is 3.49. The molecule has 5 heteroatoms. The van der Waals surface area contributed by atoms with Crippen LogP contribution in [0.1, 0.15) is 26.7 Å². The fourth-order valence-corrected chi connectivity index (χ4v) is 2.01. The molecule has 2 rings (SSSR count). The fourth-order valence-electron chi connectivity index (χ4n) is 2.01. The van der Waals surface area contributed by atoms with Crippen molar-refractivity contribution in [1.82, 2.24) is 0 Å². The minimum Gasteiger partial charge on any atom is -0.454 e. The molecular formula is C14H16N2O3. The number of benzene rings is 1. The Labute approximate surface area is 112 Å². The first-order valence-corrected chi connectivity index (χ1v) is 6.27. The summed E-state index contributed by atoms with van der Waals surface area (Å²) in [6.07, 6.45) is 0.965. The van der Waals surface area contributed by atoms with Crippen LogP contribution in [-0.4, -0.2) is 12.7 Å². The molecule has 0 unspecified atom stereocenters.